The molecule has 0 radical (unpaired) electrons. The lowest BCUT2D eigenvalue weighted by Crippen LogP contribution is -2.09. The second-order valence-corrected chi connectivity index (χ2v) is 8.89. The van der Waals surface area contributed by atoms with Crippen LogP contribution in [-0.4, -0.2) is 30.7 Å². The summed E-state index contributed by atoms with van der Waals surface area (Å²) >= 11 is 6.39. The van der Waals surface area contributed by atoms with Gasteiger partial charge in [-0.3, -0.25) is 9.71 Å². The van der Waals surface area contributed by atoms with E-state index in [0.717, 1.165) is 41.4 Å². The smallest absolute Gasteiger partial charge is 0.229 e. The van der Waals surface area contributed by atoms with Crippen LogP contribution in [0.5, 0.6) is 5.88 Å². The van der Waals surface area contributed by atoms with E-state index in [-0.39, 0.29) is 6.10 Å². The second-order valence-electron chi connectivity index (χ2n) is 6.73. The highest BCUT2D eigenvalue weighted by Gasteiger charge is 2.24. The Bertz CT molecular complexity index is 1130. The molecule has 144 valence electrons. The lowest BCUT2D eigenvalue weighted by molar-refractivity contribution is 0.291. The Labute approximate surface area is 168 Å². The molecule has 1 aliphatic rings. The van der Waals surface area contributed by atoms with Crippen LogP contribution in [0.3, 0.4) is 0 Å². The van der Waals surface area contributed by atoms with Gasteiger partial charge >= 0.3 is 0 Å². The zero-order chi connectivity index (χ0) is 19.7. The van der Waals surface area contributed by atoms with Crippen LogP contribution < -0.4 is 9.46 Å². The number of hydrogen-bond donors (Lipinski definition) is 1. The van der Waals surface area contributed by atoms with Crippen LogP contribution in [-0.2, 0) is 10.0 Å². The number of sulfonamides is 1. The fraction of sp³-hybridized carbons (Fsp3) is 0.200. The molecule has 0 atom stereocenters. The van der Waals surface area contributed by atoms with E-state index in [1.165, 1.54) is 0 Å². The molecule has 0 spiro atoms. The molecule has 0 saturated heterocycles. The molecule has 1 N–H and O–H groups in total. The Morgan fingerprint density at radius 3 is 2.57 bits per heavy atom. The van der Waals surface area contributed by atoms with Crippen molar-refractivity contribution >= 4 is 27.3 Å². The van der Waals surface area contributed by atoms with Crippen molar-refractivity contribution in [3.63, 3.8) is 0 Å². The number of halogens is 1. The Hall–Kier alpha value is -2.64. The molecule has 2 heterocycles. The van der Waals surface area contributed by atoms with Crippen molar-refractivity contribution in [1.82, 2.24) is 9.97 Å². The molecule has 0 aliphatic heterocycles. The summed E-state index contributed by atoms with van der Waals surface area (Å²) in [6.45, 7) is 0. The van der Waals surface area contributed by atoms with Gasteiger partial charge in [0.15, 0.2) is 0 Å². The van der Waals surface area contributed by atoms with Crippen LogP contribution in [0.15, 0.2) is 55.0 Å². The first-order valence-electron chi connectivity index (χ1n) is 8.73. The molecule has 0 amide bonds. The number of anilines is 1. The normalized spacial score (nSPS) is 13.9. The summed E-state index contributed by atoms with van der Waals surface area (Å²) in [5, 5.41) is 0.431. The molecule has 1 fully saturated rings. The van der Waals surface area contributed by atoms with Crippen molar-refractivity contribution in [3.8, 4) is 28.1 Å². The van der Waals surface area contributed by atoms with Gasteiger partial charge < -0.3 is 4.74 Å². The number of nitrogens with one attached hydrogen (secondary N) is 1. The van der Waals surface area contributed by atoms with Crippen molar-refractivity contribution in [2.75, 3.05) is 11.0 Å². The molecule has 8 heteroatoms. The average Bonchev–Trinajstić information content (AvgIpc) is 3.45. The van der Waals surface area contributed by atoms with Crippen LogP contribution in [0.2, 0.25) is 5.02 Å². The number of hydrogen-bond acceptors (Lipinski definition) is 5. The van der Waals surface area contributed by atoms with Crippen LogP contribution in [0.25, 0.3) is 22.3 Å². The van der Waals surface area contributed by atoms with Crippen LogP contribution >= 0.6 is 11.6 Å². The maximum absolute atomic E-state index is 11.4. The largest absolute Gasteiger partial charge is 0.474 e. The molecule has 4 rings (SSSR count). The Kier molecular flexibility index (Phi) is 4.95. The molecule has 0 bridgehead atoms. The van der Waals surface area contributed by atoms with Crippen molar-refractivity contribution in [2.45, 2.75) is 18.9 Å². The van der Waals surface area contributed by atoms with Crippen LogP contribution in [0.1, 0.15) is 12.8 Å². The Morgan fingerprint density at radius 2 is 1.86 bits per heavy atom. The highest BCUT2D eigenvalue weighted by Crippen LogP contribution is 2.33. The van der Waals surface area contributed by atoms with Crippen LogP contribution in [0, 0.1) is 0 Å². The van der Waals surface area contributed by atoms with Crippen molar-refractivity contribution < 1.29 is 13.2 Å². The minimum Gasteiger partial charge on any atom is -0.474 e. The van der Waals surface area contributed by atoms with E-state index in [0.29, 0.717) is 16.6 Å². The molecule has 3 aromatic rings. The number of rotatable bonds is 6. The first-order chi connectivity index (χ1) is 13.4. The molecular weight excluding hydrogens is 398 g/mol. The maximum atomic E-state index is 11.4. The molecular formula is C20H18ClN3O3S. The standard InChI is InChI=1S/C20H18ClN3O3S/c1-28(25,26)24-16-2-5-18(19(21)10-16)15-8-14(11-22-12-15)13-6-7-23-20(9-13)27-17-3-4-17/h2,5-12,17,24H,3-4H2,1H3. The predicted molar refractivity (Wildman–Crippen MR) is 110 cm³/mol. The average molecular weight is 416 g/mol. The van der Waals surface area contributed by atoms with E-state index in [9.17, 15) is 8.42 Å². The van der Waals surface area contributed by atoms with Gasteiger partial charge in [0.2, 0.25) is 15.9 Å². The van der Waals surface area contributed by atoms with Gasteiger partial charge in [-0.25, -0.2) is 13.4 Å². The third-order valence-electron chi connectivity index (χ3n) is 4.20. The van der Waals surface area contributed by atoms with Gasteiger partial charge in [0, 0.05) is 47.0 Å². The lowest BCUT2D eigenvalue weighted by atomic mass is 10.0. The maximum Gasteiger partial charge on any atom is 0.229 e. The molecule has 1 aliphatic carbocycles. The predicted octanol–water partition coefficient (Wildman–Crippen LogP) is 4.38. The zero-order valence-corrected chi connectivity index (χ0v) is 16.7. The van der Waals surface area contributed by atoms with Gasteiger partial charge in [-0.1, -0.05) is 17.7 Å². The van der Waals surface area contributed by atoms with E-state index in [1.807, 2.05) is 18.2 Å². The summed E-state index contributed by atoms with van der Waals surface area (Å²) in [5.41, 5.74) is 3.87. The van der Waals surface area contributed by atoms with Gasteiger partial charge in [-0.05, 0) is 42.7 Å². The minimum atomic E-state index is -3.36. The summed E-state index contributed by atoms with van der Waals surface area (Å²) in [6.07, 6.45) is 8.74. The third-order valence-corrected chi connectivity index (χ3v) is 5.12. The topological polar surface area (TPSA) is 81.2 Å². The molecule has 6 nitrogen and oxygen atoms in total. The van der Waals surface area contributed by atoms with Gasteiger partial charge in [0.05, 0.1) is 11.3 Å². The van der Waals surface area contributed by atoms with Gasteiger partial charge in [0.25, 0.3) is 0 Å². The quantitative estimate of drug-likeness (QED) is 0.646. The molecule has 1 saturated carbocycles. The van der Waals surface area contributed by atoms with E-state index in [2.05, 4.69) is 14.7 Å². The minimum absolute atomic E-state index is 0.282. The molecule has 0 unspecified atom stereocenters. The van der Waals surface area contributed by atoms with Crippen LogP contribution in [0.4, 0.5) is 5.69 Å². The Balaban J connectivity index is 1.64. The number of pyridine rings is 2. The van der Waals surface area contributed by atoms with Gasteiger partial charge in [-0.2, -0.15) is 0 Å². The lowest BCUT2D eigenvalue weighted by Gasteiger charge is -2.10. The monoisotopic (exact) mass is 415 g/mol. The highest BCUT2D eigenvalue weighted by molar-refractivity contribution is 7.92. The third kappa shape index (κ3) is 4.61. The van der Waals surface area contributed by atoms with Crippen molar-refractivity contribution in [1.29, 1.82) is 0 Å². The van der Waals surface area contributed by atoms with E-state index >= 15 is 0 Å². The second kappa shape index (κ2) is 7.41. The summed E-state index contributed by atoms with van der Waals surface area (Å²) in [6, 6.07) is 10.8. The van der Waals surface area contributed by atoms with E-state index in [1.54, 1.807) is 36.8 Å². The number of nitrogens with zero attached hydrogens (tertiary/aromatic N) is 2. The fourth-order valence-electron chi connectivity index (χ4n) is 2.78. The Morgan fingerprint density at radius 1 is 1.07 bits per heavy atom. The highest BCUT2D eigenvalue weighted by atomic mass is 35.5. The molecule has 28 heavy (non-hydrogen) atoms. The SMILES string of the molecule is CS(=O)(=O)Nc1ccc(-c2cncc(-c3ccnc(OC4CC4)c3)c2)c(Cl)c1. The summed E-state index contributed by atoms with van der Waals surface area (Å²) in [7, 11) is -3.36. The fourth-order valence-corrected chi connectivity index (χ4v) is 3.63. The van der Waals surface area contributed by atoms with E-state index in [4.69, 9.17) is 16.3 Å². The van der Waals surface area contributed by atoms with Crippen molar-refractivity contribution in [3.05, 3.63) is 60.0 Å². The molecule has 1 aromatic carbocycles. The summed E-state index contributed by atoms with van der Waals surface area (Å²) in [4.78, 5) is 8.59. The van der Waals surface area contributed by atoms with Crippen molar-refractivity contribution in [2.24, 2.45) is 0 Å². The van der Waals surface area contributed by atoms with E-state index < -0.39 is 10.0 Å². The zero-order valence-electron chi connectivity index (χ0n) is 15.1. The summed E-state index contributed by atoms with van der Waals surface area (Å²) in [5.74, 6) is 0.611. The molecule has 2 aromatic heterocycles. The first kappa shape index (κ1) is 18.7. The number of benzene rings is 1. The van der Waals surface area contributed by atoms with Gasteiger partial charge in [-0.15, -0.1) is 0 Å². The summed E-state index contributed by atoms with van der Waals surface area (Å²) < 4.78 is 31.0. The number of aromatic nitrogens is 2. The number of ether oxygens (including phenoxy) is 1. The van der Waals surface area contributed by atoms with Gasteiger partial charge in [0.1, 0.15) is 6.10 Å². The first-order valence-corrected chi connectivity index (χ1v) is 11.0.